The summed E-state index contributed by atoms with van der Waals surface area (Å²) in [7, 11) is -4.49. The van der Waals surface area contributed by atoms with Crippen LogP contribution in [0.1, 0.15) is 37.6 Å². The summed E-state index contributed by atoms with van der Waals surface area (Å²) in [6.07, 6.45) is -5.48. The zero-order valence-electron chi connectivity index (χ0n) is 21.1. The first-order valence-electron chi connectivity index (χ1n) is 11.8. The van der Waals surface area contributed by atoms with Gasteiger partial charge < -0.3 is 19.1 Å². The zero-order valence-corrected chi connectivity index (χ0v) is 23.6. The number of aliphatic hydroxyl groups excluding tert-OH is 1. The molecular formula is C23H26BrF3N3O9P. The van der Waals surface area contributed by atoms with Gasteiger partial charge in [0.2, 0.25) is 0 Å². The van der Waals surface area contributed by atoms with Crippen LogP contribution in [-0.4, -0.2) is 52.1 Å². The van der Waals surface area contributed by atoms with Crippen LogP contribution in [0.3, 0.4) is 0 Å². The summed E-state index contributed by atoms with van der Waals surface area (Å²) in [4.78, 5) is 39.9. The Morgan fingerprint density at radius 1 is 1.35 bits per heavy atom. The molecule has 1 aliphatic rings. The van der Waals surface area contributed by atoms with Crippen LogP contribution in [0, 0.1) is 0 Å². The molecule has 3 rings (SSSR count). The Morgan fingerprint density at radius 2 is 2.02 bits per heavy atom. The molecule has 1 unspecified atom stereocenters. The van der Waals surface area contributed by atoms with Gasteiger partial charge in [0.05, 0.1) is 30.4 Å². The van der Waals surface area contributed by atoms with Gasteiger partial charge in [0.15, 0.2) is 0 Å². The minimum Gasteiger partial charge on any atom is -0.465 e. The van der Waals surface area contributed by atoms with Gasteiger partial charge in [-0.05, 0) is 49.2 Å². The van der Waals surface area contributed by atoms with Crippen molar-refractivity contribution in [1.29, 1.82) is 0 Å². The van der Waals surface area contributed by atoms with Crippen LogP contribution in [0.4, 0.5) is 13.2 Å². The van der Waals surface area contributed by atoms with Crippen LogP contribution in [0.5, 0.6) is 5.75 Å². The molecule has 2 heterocycles. The number of H-pyrrole nitrogens is 1. The second kappa shape index (κ2) is 13.3. The molecule has 12 nitrogen and oxygen atoms in total. The number of nitrogens with zero attached hydrogens (tertiary/aromatic N) is 1. The van der Waals surface area contributed by atoms with E-state index in [9.17, 15) is 37.2 Å². The molecule has 1 fully saturated rings. The minimum atomic E-state index is -4.61. The normalized spacial score (nSPS) is 21.7. The number of aliphatic hydroxyl groups is 1. The molecule has 1 aromatic carbocycles. The summed E-state index contributed by atoms with van der Waals surface area (Å²) >= 11 is 3.04. The van der Waals surface area contributed by atoms with E-state index in [0.29, 0.717) is 12.1 Å². The van der Waals surface area contributed by atoms with E-state index in [4.69, 9.17) is 18.5 Å². The monoisotopic (exact) mass is 655 g/mol. The van der Waals surface area contributed by atoms with Crippen molar-refractivity contribution in [3.8, 4) is 5.75 Å². The molecule has 0 spiro atoms. The fourth-order valence-corrected chi connectivity index (χ4v) is 5.39. The van der Waals surface area contributed by atoms with E-state index in [0.717, 1.165) is 16.7 Å². The lowest BCUT2D eigenvalue weighted by atomic mass is 10.2. The summed E-state index contributed by atoms with van der Waals surface area (Å²) in [6, 6.07) is 2.05. The lowest BCUT2D eigenvalue weighted by Gasteiger charge is -2.24. The van der Waals surface area contributed by atoms with Crippen LogP contribution in [0.15, 0.2) is 45.0 Å². The number of halogens is 4. The lowest BCUT2D eigenvalue weighted by molar-refractivity contribution is -0.144. The highest BCUT2D eigenvalue weighted by molar-refractivity contribution is 9.11. The Bertz CT molecular complexity index is 1380. The van der Waals surface area contributed by atoms with Crippen LogP contribution in [-0.2, 0) is 29.5 Å². The number of rotatable bonds is 11. The van der Waals surface area contributed by atoms with Crippen molar-refractivity contribution in [2.24, 2.45) is 0 Å². The quantitative estimate of drug-likeness (QED) is 0.242. The highest BCUT2D eigenvalue weighted by Crippen LogP contribution is 2.46. The molecule has 0 bridgehead atoms. The van der Waals surface area contributed by atoms with Gasteiger partial charge in [0.25, 0.3) is 5.56 Å². The molecule has 5 atom stereocenters. The first kappa shape index (κ1) is 31.8. The van der Waals surface area contributed by atoms with Gasteiger partial charge in [0.1, 0.15) is 24.1 Å². The van der Waals surface area contributed by atoms with Crippen molar-refractivity contribution in [2.45, 2.75) is 50.9 Å². The Kier molecular flexibility index (Phi) is 10.5. The number of hydrogen-bond donors (Lipinski definition) is 3. The van der Waals surface area contributed by atoms with E-state index in [1.54, 1.807) is 6.92 Å². The summed E-state index contributed by atoms with van der Waals surface area (Å²) < 4.78 is 74.7. The predicted octanol–water partition coefficient (Wildman–Crippen LogP) is 3.31. The largest absolute Gasteiger partial charge is 0.465 e. The number of carbonyl (C=O) groups excluding carboxylic acids is 1. The molecule has 1 aliphatic heterocycles. The number of ether oxygens (including phenoxy) is 2. The maximum Gasteiger partial charge on any atom is 0.459 e. The fourth-order valence-electron chi connectivity index (χ4n) is 3.60. The number of benzene rings is 1. The average molecular weight is 656 g/mol. The maximum atomic E-state index is 13.6. The number of aromatic nitrogens is 2. The van der Waals surface area contributed by atoms with E-state index in [1.165, 1.54) is 24.2 Å². The summed E-state index contributed by atoms with van der Waals surface area (Å²) in [6.45, 7) is 2.31. The number of aromatic amines is 1. The predicted molar refractivity (Wildman–Crippen MR) is 139 cm³/mol. The molecule has 220 valence electrons. The molecule has 0 amide bonds. The Morgan fingerprint density at radius 3 is 2.62 bits per heavy atom. The van der Waals surface area contributed by atoms with Crippen molar-refractivity contribution >= 4 is 35.7 Å². The molecule has 40 heavy (non-hydrogen) atoms. The Balaban J connectivity index is 1.79. The summed E-state index contributed by atoms with van der Waals surface area (Å²) in [5.41, 5.74) is -2.28. The second-order valence-electron chi connectivity index (χ2n) is 8.49. The molecule has 2 aromatic rings. The summed E-state index contributed by atoms with van der Waals surface area (Å²) in [5.74, 6) is -1.07. The number of carbonyl (C=O) groups is 1. The summed E-state index contributed by atoms with van der Waals surface area (Å²) in [5, 5.41) is 12.9. The second-order valence-corrected chi connectivity index (χ2v) is 10.7. The first-order chi connectivity index (χ1) is 18.8. The fraction of sp³-hybridized carbons (Fsp3) is 0.435. The molecular weight excluding hydrogens is 630 g/mol. The number of hydrogen-bond acceptors (Lipinski definition) is 9. The molecule has 1 aromatic heterocycles. The average Bonchev–Trinajstić information content (AvgIpc) is 3.24. The topological polar surface area (TPSA) is 158 Å². The SMILES string of the molecule is CCOC(=O)[C@H](C)NP(=O)(OC[C@H]1O[C@@H](n2cc(/C=C/Br)c(=O)[nH]c2=O)C[C@@H]1O)Oc1ccc(C(F)(F)F)cc1. The molecule has 0 aliphatic carbocycles. The number of nitrogens with one attached hydrogen (secondary N) is 2. The Hall–Kier alpha value is -2.75. The van der Waals surface area contributed by atoms with Crippen LogP contribution < -0.4 is 20.9 Å². The van der Waals surface area contributed by atoms with Crippen molar-refractivity contribution in [1.82, 2.24) is 14.6 Å². The zero-order chi connectivity index (χ0) is 29.7. The van der Waals surface area contributed by atoms with Crippen molar-refractivity contribution < 1.29 is 46.2 Å². The highest BCUT2D eigenvalue weighted by atomic mass is 79.9. The van der Waals surface area contributed by atoms with Gasteiger partial charge in [-0.1, -0.05) is 15.9 Å². The van der Waals surface area contributed by atoms with E-state index >= 15 is 0 Å². The smallest absolute Gasteiger partial charge is 0.459 e. The number of esters is 1. The first-order valence-corrected chi connectivity index (χ1v) is 14.2. The van der Waals surface area contributed by atoms with Crippen molar-refractivity contribution in [3.63, 3.8) is 0 Å². The van der Waals surface area contributed by atoms with E-state index in [2.05, 4.69) is 26.0 Å². The molecule has 3 N–H and O–H groups in total. The highest BCUT2D eigenvalue weighted by Gasteiger charge is 2.40. The van der Waals surface area contributed by atoms with Crippen LogP contribution in [0.25, 0.3) is 6.08 Å². The van der Waals surface area contributed by atoms with E-state index in [-0.39, 0.29) is 24.3 Å². The minimum absolute atomic E-state index is 0.0243. The van der Waals surface area contributed by atoms with Gasteiger partial charge in [-0.25, -0.2) is 9.36 Å². The Labute approximate surface area is 233 Å². The standard InChI is InChI=1S/C23H26BrF3N3O9P/c1-3-36-21(33)13(2)29-40(35,39-16-6-4-15(5-7-16)23(25,26)27)37-12-18-17(31)10-19(38-18)30-11-14(8-9-24)20(32)28-22(30)34/h4-9,11,13,17-19,31H,3,10,12H2,1-2H3,(H,29,35)(H,28,32,34)/b9-8+/t13-,17-,18+,19+,40?/m0/s1. The van der Waals surface area contributed by atoms with Gasteiger partial charge in [-0.15, -0.1) is 0 Å². The van der Waals surface area contributed by atoms with Crippen LogP contribution in [0.2, 0.25) is 0 Å². The third-order valence-electron chi connectivity index (χ3n) is 5.56. The van der Waals surface area contributed by atoms with Crippen LogP contribution >= 0.6 is 23.7 Å². The van der Waals surface area contributed by atoms with E-state index in [1.807, 2.05) is 0 Å². The van der Waals surface area contributed by atoms with Gasteiger partial charge in [-0.2, -0.15) is 18.3 Å². The molecule has 17 heteroatoms. The van der Waals surface area contributed by atoms with Crippen molar-refractivity contribution in [2.75, 3.05) is 13.2 Å². The molecule has 0 saturated carbocycles. The lowest BCUT2D eigenvalue weighted by Crippen LogP contribution is -2.36. The molecule has 0 radical (unpaired) electrons. The maximum absolute atomic E-state index is 13.6. The molecule has 1 saturated heterocycles. The van der Waals surface area contributed by atoms with E-state index < -0.39 is 67.8 Å². The van der Waals surface area contributed by atoms with Gasteiger partial charge in [0, 0.05) is 12.6 Å². The third kappa shape index (κ3) is 8.15. The third-order valence-corrected chi connectivity index (χ3v) is 7.47. The van der Waals surface area contributed by atoms with Gasteiger partial charge >= 0.3 is 25.6 Å². The van der Waals surface area contributed by atoms with Crippen molar-refractivity contribution in [3.05, 3.63) is 67.4 Å². The van der Waals surface area contributed by atoms with Gasteiger partial charge in [-0.3, -0.25) is 23.7 Å². The number of alkyl halides is 3.